The van der Waals surface area contributed by atoms with Crippen LogP contribution in [0.5, 0.6) is 0 Å². The monoisotopic (exact) mass is 232 g/mol. The van der Waals surface area contributed by atoms with Crippen LogP contribution in [0, 0.1) is 0 Å². The fourth-order valence-corrected chi connectivity index (χ4v) is 2.40. The Balaban J connectivity index is 2.40. The molecule has 1 rings (SSSR count). The molecule has 0 amide bonds. The van der Waals surface area contributed by atoms with E-state index >= 15 is 0 Å². The first-order valence-electron chi connectivity index (χ1n) is 4.56. The molecule has 0 aliphatic rings. The average Bonchev–Trinajstić information content (AvgIpc) is 2.19. The summed E-state index contributed by atoms with van der Waals surface area (Å²) in [6.07, 6.45) is 2.39. The van der Waals surface area contributed by atoms with E-state index in [1.165, 1.54) is 23.6 Å². The minimum Gasteiger partial charge on any atom is -0.176 e. The third-order valence-corrected chi connectivity index (χ3v) is 3.90. The largest absolute Gasteiger partial charge is 0.176 e. The van der Waals surface area contributed by atoms with Crippen molar-refractivity contribution in [3.63, 3.8) is 0 Å². The van der Waals surface area contributed by atoms with Gasteiger partial charge in [0.2, 0.25) is 0 Å². The van der Waals surface area contributed by atoms with E-state index in [4.69, 9.17) is 22.7 Å². The molecule has 0 aromatic heterocycles. The van der Waals surface area contributed by atoms with Gasteiger partial charge in [-0.25, -0.2) is 0 Å². The van der Waals surface area contributed by atoms with Crippen LogP contribution in [-0.4, -0.2) is 8.83 Å². The van der Waals surface area contributed by atoms with Gasteiger partial charge >= 0.3 is 0 Å². The summed E-state index contributed by atoms with van der Waals surface area (Å²) in [4.78, 5) is 0. The minimum absolute atomic E-state index is 0.263. The van der Waals surface area contributed by atoms with Crippen LogP contribution in [-0.2, 0) is 12.3 Å². The van der Waals surface area contributed by atoms with E-state index < -0.39 is 0 Å². The van der Waals surface area contributed by atoms with Crippen molar-refractivity contribution in [1.29, 1.82) is 0 Å². The molecule has 0 atom stereocenters. The molecule has 1 aromatic carbocycles. The Hall–Kier alpha value is 0.0169. The summed E-state index contributed by atoms with van der Waals surface area (Å²) in [5, 5.41) is 0. The zero-order valence-electron chi connectivity index (χ0n) is 7.60. The van der Waals surface area contributed by atoms with Gasteiger partial charge in [-0.05, 0) is 23.6 Å². The highest BCUT2D eigenvalue weighted by Crippen LogP contribution is 2.09. The molecule has 0 N–H and O–H groups in total. The zero-order valence-corrected chi connectivity index (χ0v) is 10.5. The molecular weight excluding hydrogens is 219 g/mol. The topological polar surface area (TPSA) is 0 Å². The number of hydrogen-bond donors (Lipinski definition) is 0. The summed E-state index contributed by atoms with van der Waals surface area (Å²) in [5.74, 6) is 0.606. The lowest BCUT2D eigenvalue weighted by Gasteiger charge is -2.00. The number of alkyl halides is 1. The van der Waals surface area contributed by atoms with Gasteiger partial charge in [-0.1, -0.05) is 30.7 Å². The van der Waals surface area contributed by atoms with Gasteiger partial charge in [0.05, 0.1) is 0 Å². The molecule has 0 aliphatic heterocycles. The maximum absolute atomic E-state index is 5.74. The Bertz CT molecular complexity index is 233. The van der Waals surface area contributed by atoms with Crippen LogP contribution >= 0.6 is 22.7 Å². The van der Waals surface area contributed by atoms with Gasteiger partial charge in [0.25, 0.3) is 0 Å². The molecule has 1 aromatic rings. The predicted octanol–water partition coefficient (Wildman–Crippen LogP) is 3.10. The van der Waals surface area contributed by atoms with Crippen molar-refractivity contribution in [3.05, 3.63) is 35.4 Å². The molecule has 0 aliphatic carbocycles. The SMILES string of the molecule is ClCc1ccc(CCC[SiH2]Cl)cc1. The van der Waals surface area contributed by atoms with Crippen LogP contribution in [0.4, 0.5) is 0 Å². The number of halogens is 2. The molecule has 0 saturated heterocycles. The Morgan fingerprint density at radius 2 is 1.69 bits per heavy atom. The lowest BCUT2D eigenvalue weighted by atomic mass is 10.1. The zero-order chi connectivity index (χ0) is 9.52. The van der Waals surface area contributed by atoms with E-state index in [9.17, 15) is 0 Å². The summed E-state index contributed by atoms with van der Waals surface area (Å²) in [6.45, 7) is 0. The van der Waals surface area contributed by atoms with E-state index in [1.807, 2.05) is 0 Å². The van der Waals surface area contributed by atoms with E-state index in [2.05, 4.69) is 24.3 Å². The third kappa shape index (κ3) is 4.16. The first kappa shape index (κ1) is 11.1. The van der Waals surface area contributed by atoms with E-state index in [0.29, 0.717) is 5.88 Å². The highest BCUT2D eigenvalue weighted by molar-refractivity contribution is 6.93. The molecule has 0 bridgehead atoms. The first-order valence-corrected chi connectivity index (χ1v) is 8.24. The first-order chi connectivity index (χ1) is 6.36. The molecular formula is C10H14Cl2Si. The Morgan fingerprint density at radius 3 is 2.23 bits per heavy atom. The highest BCUT2D eigenvalue weighted by Gasteiger charge is 1.94. The normalized spacial score (nSPS) is 11.2. The quantitative estimate of drug-likeness (QED) is 0.317. The molecule has 72 valence electrons. The number of benzene rings is 1. The van der Waals surface area contributed by atoms with Crippen molar-refractivity contribution in [2.45, 2.75) is 24.8 Å². The summed E-state index contributed by atoms with van der Waals surface area (Å²) in [7, 11) is -0.263. The van der Waals surface area contributed by atoms with Gasteiger partial charge in [0.1, 0.15) is 8.83 Å². The van der Waals surface area contributed by atoms with Crippen molar-refractivity contribution >= 4 is 31.5 Å². The summed E-state index contributed by atoms with van der Waals surface area (Å²) < 4.78 is 0. The van der Waals surface area contributed by atoms with Gasteiger partial charge in [-0.3, -0.25) is 0 Å². The van der Waals surface area contributed by atoms with Crippen molar-refractivity contribution in [1.82, 2.24) is 0 Å². The number of aryl methyl sites for hydroxylation is 1. The standard InChI is InChI=1S/C10H14Cl2Si/c11-8-10-5-3-9(4-6-10)2-1-7-13-12/h3-6H,1-2,7-8,13H2. The van der Waals surface area contributed by atoms with Gasteiger partial charge < -0.3 is 0 Å². The molecule has 3 heteroatoms. The summed E-state index contributed by atoms with van der Waals surface area (Å²) in [5.41, 5.74) is 2.59. The van der Waals surface area contributed by atoms with E-state index in [1.54, 1.807) is 0 Å². The van der Waals surface area contributed by atoms with Gasteiger partial charge in [-0.15, -0.1) is 11.6 Å². The second-order valence-corrected chi connectivity index (χ2v) is 5.58. The van der Waals surface area contributed by atoms with Gasteiger partial charge in [-0.2, -0.15) is 11.1 Å². The van der Waals surface area contributed by atoms with Crippen LogP contribution in [0.3, 0.4) is 0 Å². The van der Waals surface area contributed by atoms with Crippen molar-refractivity contribution in [3.8, 4) is 0 Å². The second-order valence-electron chi connectivity index (χ2n) is 3.10. The molecule has 0 heterocycles. The van der Waals surface area contributed by atoms with Crippen molar-refractivity contribution in [2.75, 3.05) is 0 Å². The van der Waals surface area contributed by atoms with E-state index in [0.717, 1.165) is 6.42 Å². The molecule has 0 radical (unpaired) electrons. The third-order valence-electron chi connectivity index (χ3n) is 2.03. The minimum atomic E-state index is -0.263. The molecule has 13 heavy (non-hydrogen) atoms. The summed E-state index contributed by atoms with van der Waals surface area (Å²) >= 11 is 11.4. The van der Waals surface area contributed by atoms with Gasteiger partial charge in [0, 0.05) is 5.88 Å². The van der Waals surface area contributed by atoms with Crippen LogP contribution in [0.25, 0.3) is 0 Å². The second kappa shape index (κ2) is 6.47. The Morgan fingerprint density at radius 1 is 1.08 bits per heavy atom. The van der Waals surface area contributed by atoms with Crippen molar-refractivity contribution < 1.29 is 0 Å². The maximum atomic E-state index is 5.74. The maximum Gasteiger partial charge on any atom is 0.125 e. The summed E-state index contributed by atoms with van der Waals surface area (Å²) in [6, 6.07) is 9.75. The number of hydrogen-bond acceptors (Lipinski definition) is 0. The Labute approximate surface area is 91.8 Å². The highest BCUT2D eigenvalue weighted by atomic mass is 35.6. The number of rotatable bonds is 5. The average molecular weight is 233 g/mol. The fraction of sp³-hybridized carbons (Fsp3) is 0.400. The Kier molecular flexibility index (Phi) is 5.52. The van der Waals surface area contributed by atoms with Crippen molar-refractivity contribution in [2.24, 2.45) is 0 Å². The van der Waals surface area contributed by atoms with Crippen LogP contribution in [0.15, 0.2) is 24.3 Å². The smallest absolute Gasteiger partial charge is 0.125 e. The molecule has 0 unspecified atom stereocenters. The molecule has 0 nitrogen and oxygen atoms in total. The molecule has 0 spiro atoms. The van der Waals surface area contributed by atoms with Crippen LogP contribution < -0.4 is 0 Å². The van der Waals surface area contributed by atoms with E-state index in [-0.39, 0.29) is 8.83 Å². The van der Waals surface area contributed by atoms with Crippen LogP contribution in [0.2, 0.25) is 6.04 Å². The molecule has 0 saturated carbocycles. The fourth-order valence-electron chi connectivity index (χ4n) is 1.22. The van der Waals surface area contributed by atoms with Gasteiger partial charge in [0.15, 0.2) is 0 Å². The predicted molar refractivity (Wildman–Crippen MR) is 63.5 cm³/mol. The lowest BCUT2D eigenvalue weighted by molar-refractivity contribution is 0.917. The lowest BCUT2D eigenvalue weighted by Crippen LogP contribution is -1.87. The van der Waals surface area contributed by atoms with Crippen LogP contribution in [0.1, 0.15) is 17.5 Å². The molecule has 0 fully saturated rings.